The number of hydrogen-bond acceptors (Lipinski definition) is 4. The summed E-state index contributed by atoms with van der Waals surface area (Å²) in [6.07, 6.45) is 0. The van der Waals surface area contributed by atoms with E-state index in [1.54, 1.807) is 0 Å². The van der Waals surface area contributed by atoms with E-state index in [1.807, 2.05) is 0 Å². The third-order valence-electron chi connectivity index (χ3n) is 18.1. The molecule has 0 radical (unpaired) electrons. The fourth-order valence-corrected chi connectivity index (χ4v) is 13.6. The monoisotopic (exact) mass is 1170 g/mol. The first-order chi connectivity index (χ1) is 44.8. The minimum atomic E-state index is 1.01. The molecule has 16 aromatic rings. The normalized spacial score (nSPS) is 11.5. The van der Waals surface area contributed by atoms with Crippen molar-refractivity contribution >= 4 is 133 Å². The molecule has 0 aliphatic carbocycles. The number of fused-ring (bicyclic) bond motifs is 7. The van der Waals surface area contributed by atoms with Gasteiger partial charge in [0, 0.05) is 66.4 Å². The van der Waals surface area contributed by atoms with E-state index in [0.717, 1.165) is 107 Å². The lowest BCUT2D eigenvalue weighted by Gasteiger charge is -2.31. The van der Waals surface area contributed by atoms with Crippen molar-refractivity contribution in [2.75, 3.05) is 19.6 Å². The number of aryl methyl sites for hydroxylation is 4. The first-order valence-corrected chi connectivity index (χ1v) is 31.4. The van der Waals surface area contributed by atoms with Gasteiger partial charge in [0.2, 0.25) is 0 Å². The number of nitrogens with zero attached hydrogens (tertiary/aromatic N) is 5. The Balaban J connectivity index is 1.02. The highest BCUT2D eigenvalue weighted by molar-refractivity contribution is 6.14. The van der Waals surface area contributed by atoms with Gasteiger partial charge in [-0.15, -0.1) is 0 Å². The van der Waals surface area contributed by atoms with Crippen LogP contribution in [0, 0.1) is 27.7 Å². The molecule has 0 aliphatic heterocycles. The van der Waals surface area contributed by atoms with Crippen LogP contribution in [0.2, 0.25) is 0 Å². The maximum Gasteiger partial charge on any atom is 0.0542 e. The molecule has 0 bridgehead atoms. The van der Waals surface area contributed by atoms with Crippen molar-refractivity contribution in [1.82, 2.24) is 4.57 Å². The molecule has 0 saturated heterocycles. The average molecular weight is 1170 g/mol. The lowest BCUT2D eigenvalue weighted by atomic mass is 10.0. The molecule has 1 aromatic heterocycles. The van der Waals surface area contributed by atoms with E-state index in [-0.39, 0.29) is 0 Å². The minimum Gasteiger partial charge on any atom is -0.310 e. The molecule has 434 valence electrons. The van der Waals surface area contributed by atoms with E-state index in [0.29, 0.717) is 0 Å². The summed E-state index contributed by atoms with van der Waals surface area (Å²) in [5, 5.41) is 11.6. The zero-order valence-electron chi connectivity index (χ0n) is 51.3. The molecule has 0 N–H and O–H groups in total. The number of benzene rings is 15. The van der Waals surface area contributed by atoms with E-state index < -0.39 is 0 Å². The molecule has 0 spiro atoms. The minimum absolute atomic E-state index is 1.01. The highest BCUT2D eigenvalue weighted by Crippen LogP contribution is 2.49. The average Bonchev–Trinajstić information content (AvgIpc) is 1.75. The molecule has 91 heavy (non-hydrogen) atoms. The molecule has 0 atom stereocenters. The van der Waals surface area contributed by atoms with Crippen LogP contribution in [0.4, 0.5) is 68.2 Å². The van der Waals surface area contributed by atoms with Gasteiger partial charge in [0.05, 0.1) is 50.8 Å². The molecule has 5 nitrogen and oxygen atoms in total. The van der Waals surface area contributed by atoms with Crippen LogP contribution in [0.3, 0.4) is 0 Å². The van der Waals surface area contributed by atoms with E-state index in [2.05, 4.69) is 373 Å². The van der Waals surface area contributed by atoms with Crippen LogP contribution in [0.25, 0.3) is 70.6 Å². The Morgan fingerprint density at radius 3 is 0.747 bits per heavy atom. The predicted molar refractivity (Wildman–Crippen MR) is 388 cm³/mol. The van der Waals surface area contributed by atoms with Crippen LogP contribution in [0.1, 0.15) is 22.3 Å². The summed E-state index contributed by atoms with van der Waals surface area (Å²) in [5.41, 5.74) is 20.8. The molecule has 0 unspecified atom stereocenters. The van der Waals surface area contributed by atoms with E-state index in [9.17, 15) is 0 Å². The third kappa shape index (κ3) is 9.94. The maximum absolute atomic E-state index is 2.51. The van der Waals surface area contributed by atoms with Crippen molar-refractivity contribution in [3.63, 3.8) is 0 Å². The fraction of sp³-hybridized carbons (Fsp3) is 0.0465. The van der Waals surface area contributed by atoms with Gasteiger partial charge in [0.1, 0.15) is 0 Å². The van der Waals surface area contributed by atoms with E-state index in [4.69, 9.17) is 0 Å². The van der Waals surface area contributed by atoms with E-state index >= 15 is 0 Å². The summed E-state index contributed by atoms with van der Waals surface area (Å²) < 4.78 is 2.51. The molecule has 0 aliphatic rings. The third-order valence-corrected chi connectivity index (χ3v) is 18.1. The molecule has 0 fully saturated rings. The van der Waals surface area contributed by atoms with Crippen molar-refractivity contribution < 1.29 is 0 Å². The zero-order chi connectivity index (χ0) is 61.1. The summed E-state index contributed by atoms with van der Waals surface area (Å²) >= 11 is 0. The Bertz CT molecular complexity index is 5060. The van der Waals surface area contributed by atoms with E-state index in [1.165, 1.54) is 54.6 Å². The van der Waals surface area contributed by atoms with Gasteiger partial charge in [0.15, 0.2) is 0 Å². The van der Waals surface area contributed by atoms with Gasteiger partial charge in [0.25, 0.3) is 0 Å². The standard InChI is InChI=1S/C86H65N5/c1-58-33-41-66(42-34-58)87(81-29-13-21-62-17-5-9-25-75(62)81)70-49-51-85-79(56-70)80-57-71(88(67-43-35-59(2)36-44-67)82-30-14-22-63-18-6-10-26-76(63)82)50-52-86(80)91(85)74-54-72(89(68-45-37-60(3)38-46-68)83-31-15-23-64-19-7-11-27-77(64)83)53-73(55-74)90(69-47-39-61(4)40-48-69)84-32-16-24-65-20-8-12-28-78(65)84/h5-57H,1-4H3. The molecule has 1 heterocycles. The van der Waals surface area contributed by atoms with Gasteiger partial charge >= 0.3 is 0 Å². The van der Waals surface area contributed by atoms with Crippen molar-refractivity contribution in [3.05, 3.63) is 344 Å². The Labute approximate surface area is 531 Å². The lowest BCUT2D eigenvalue weighted by Crippen LogP contribution is -2.15. The SMILES string of the molecule is Cc1ccc(N(c2cc(N(c3ccc(C)cc3)c3cccc4ccccc34)cc(-n3c4ccc(N(c5ccc(C)cc5)c5cccc6ccccc56)cc4c4cc(N(c5ccc(C)cc5)c5cccc6ccccc56)ccc43)c2)c2cccc3ccccc23)cc1. The smallest absolute Gasteiger partial charge is 0.0542 e. The second kappa shape index (κ2) is 22.8. The molecular weight excluding hydrogens is 1100 g/mol. The van der Waals surface area contributed by atoms with Gasteiger partial charge < -0.3 is 24.2 Å². The lowest BCUT2D eigenvalue weighted by molar-refractivity contribution is 1.16. The molecule has 5 heteroatoms. The second-order valence-electron chi connectivity index (χ2n) is 24.1. The van der Waals surface area contributed by atoms with Crippen molar-refractivity contribution in [2.45, 2.75) is 27.7 Å². The Hall–Kier alpha value is -11.7. The van der Waals surface area contributed by atoms with Crippen molar-refractivity contribution in [2.24, 2.45) is 0 Å². The first kappa shape index (κ1) is 54.7. The molecule has 0 saturated carbocycles. The largest absolute Gasteiger partial charge is 0.310 e. The number of anilines is 12. The van der Waals surface area contributed by atoms with Crippen LogP contribution in [0.15, 0.2) is 322 Å². The Kier molecular flexibility index (Phi) is 13.7. The molecule has 15 aromatic carbocycles. The number of hydrogen-bond donors (Lipinski definition) is 0. The topological polar surface area (TPSA) is 17.9 Å². The van der Waals surface area contributed by atoms with Crippen LogP contribution in [0.5, 0.6) is 0 Å². The summed E-state index contributed by atoms with van der Waals surface area (Å²) in [6, 6.07) is 119. The van der Waals surface area contributed by atoms with Crippen LogP contribution < -0.4 is 19.6 Å². The van der Waals surface area contributed by atoms with Crippen LogP contribution >= 0.6 is 0 Å². The van der Waals surface area contributed by atoms with Gasteiger partial charge in [-0.1, -0.05) is 216 Å². The van der Waals surface area contributed by atoms with Crippen LogP contribution in [-0.4, -0.2) is 4.57 Å². The van der Waals surface area contributed by atoms with Gasteiger partial charge in [-0.05, 0) is 177 Å². The van der Waals surface area contributed by atoms with Gasteiger partial charge in [-0.25, -0.2) is 0 Å². The van der Waals surface area contributed by atoms with Crippen molar-refractivity contribution in [3.8, 4) is 5.69 Å². The summed E-state index contributed by atoms with van der Waals surface area (Å²) in [4.78, 5) is 9.80. The molecule has 16 rings (SSSR count). The molecule has 0 amide bonds. The summed E-state index contributed by atoms with van der Waals surface area (Å²) in [5.74, 6) is 0. The second-order valence-corrected chi connectivity index (χ2v) is 24.1. The Morgan fingerprint density at radius 1 is 0.198 bits per heavy atom. The number of rotatable bonds is 13. The van der Waals surface area contributed by atoms with Crippen molar-refractivity contribution in [1.29, 1.82) is 0 Å². The Morgan fingerprint density at radius 2 is 0.451 bits per heavy atom. The van der Waals surface area contributed by atoms with Crippen LogP contribution in [-0.2, 0) is 0 Å². The maximum atomic E-state index is 2.51. The first-order valence-electron chi connectivity index (χ1n) is 31.4. The highest BCUT2D eigenvalue weighted by Gasteiger charge is 2.26. The predicted octanol–water partition coefficient (Wildman–Crippen LogP) is 24.5. The summed E-state index contributed by atoms with van der Waals surface area (Å²) in [6.45, 7) is 8.65. The molecular formula is C86H65N5. The number of aromatic nitrogens is 1. The fourth-order valence-electron chi connectivity index (χ4n) is 13.6. The summed E-state index contributed by atoms with van der Waals surface area (Å²) in [7, 11) is 0. The van der Waals surface area contributed by atoms with Gasteiger partial charge in [-0.3, -0.25) is 0 Å². The quantitative estimate of drug-likeness (QED) is 0.114. The zero-order valence-corrected chi connectivity index (χ0v) is 51.3. The van der Waals surface area contributed by atoms with Gasteiger partial charge in [-0.2, -0.15) is 0 Å². The highest BCUT2D eigenvalue weighted by atomic mass is 15.2.